The largest absolute Gasteiger partial charge is 0.494 e. The van der Waals surface area contributed by atoms with Crippen molar-refractivity contribution in [1.29, 1.82) is 0 Å². The number of rotatable bonds is 16. The topological polar surface area (TPSA) is 18.5 Å². The fourth-order valence-electron chi connectivity index (χ4n) is 3.77. The molecule has 2 nitrogen and oxygen atoms in total. The minimum absolute atomic E-state index is 0.102. The highest BCUT2D eigenvalue weighted by Crippen LogP contribution is 2.31. The van der Waals surface area contributed by atoms with Gasteiger partial charge in [0.25, 0.3) is 0 Å². The normalized spacial score (nSPS) is 12.1. The number of ether oxygens (including phenoxy) is 2. The molecule has 2 aromatic rings. The quantitative estimate of drug-likeness (QED) is 0.257. The van der Waals surface area contributed by atoms with Crippen molar-refractivity contribution in [3.05, 3.63) is 54.1 Å². The van der Waals surface area contributed by atoms with Gasteiger partial charge in [-0.2, -0.15) is 0 Å². The van der Waals surface area contributed by atoms with Gasteiger partial charge in [0.1, 0.15) is 5.75 Å². The third kappa shape index (κ3) is 8.92. The molecule has 1 unspecified atom stereocenters. The van der Waals surface area contributed by atoms with E-state index in [1.807, 2.05) is 0 Å². The van der Waals surface area contributed by atoms with Crippen LogP contribution in [0.5, 0.6) is 5.75 Å². The first-order chi connectivity index (χ1) is 14.8. The summed E-state index contributed by atoms with van der Waals surface area (Å²) in [7, 11) is 0. The van der Waals surface area contributed by atoms with E-state index < -0.39 is 0 Å². The van der Waals surface area contributed by atoms with Gasteiger partial charge in [-0.05, 0) is 48.6 Å². The molecular weight excluding hydrogens is 368 g/mol. The van der Waals surface area contributed by atoms with E-state index in [1.54, 1.807) is 0 Å². The third-order valence-corrected chi connectivity index (χ3v) is 5.70. The molecule has 2 aromatic carbocycles. The van der Waals surface area contributed by atoms with Crippen molar-refractivity contribution in [2.24, 2.45) is 0 Å². The molecule has 1 atom stereocenters. The molecule has 0 saturated carbocycles. The Hall–Kier alpha value is -1.80. The molecule has 0 radical (unpaired) electrons. The lowest BCUT2D eigenvalue weighted by Gasteiger charge is -2.18. The molecule has 2 rings (SSSR count). The Balaban J connectivity index is 1.79. The summed E-state index contributed by atoms with van der Waals surface area (Å²) >= 11 is 0. The van der Waals surface area contributed by atoms with Crippen molar-refractivity contribution in [2.75, 3.05) is 13.2 Å². The molecule has 2 heteroatoms. The van der Waals surface area contributed by atoms with Gasteiger partial charge < -0.3 is 9.47 Å². The van der Waals surface area contributed by atoms with Crippen LogP contribution < -0.4 is 4.74 Å². The number of unbranched alkanes of at least 4 members (excludes halogenated alkanes) is 8. The van der Waals surface area contributed by atoms with Crippen molar-refractivity contribution < 1.29 is 9.47 Å². The van der Waals surface area contributed by atoms with E-state index in [9.17, 15) is 0 Å². The van der Waals surface area contributed by atoms with Crippen LogP contribution in [0, 0.1) is 0 Å². The SMILES string of the molecule is CCCCCCCCCCOc1ccc(-c2ccccc2C(C)OCCCC)cc1. The first kappa shape index (κ1) is 24.5. The number of hydrogen-bond acceptors (Lipinski definition) is 2. The molecule has 0 bridgehead atoms. The monoisotopic (exact) mass is 410 g/mol. The summed E-state index contributed by atoms with van der Waals surface area (Å²) in [5.41, 5.74) is 3.72. The maximum Gasteiger partial charge on any atom is 0.119 e. The Morgan fingerprint density at radius 2 is 1.30 bits per heavy atom. The molecule has 0 aliphatic carbocycles. The maximum absolute atomic E-state index is 6.04. The number of benzene rings is 2. The highest BCUT2D eigenvalue weighted by molar-refractivity contribution is 5.68. The van der Waals surface area contributed by atoms with Gasteiger partial charge in [-0.25, -0.2) is 0 Å². The Bertz CT molecular complexity index is 677. The summed E-state index contributed by atoms with van der Waals surface area (Å²) in [6.07, 6.45) is 13.0. The number of hydrogen-bond donors (Lipinski definition) is 0. The second-order valence-corrected chi connectivity index (χ2v) is 8.30. The first-order valence-electron chi connectivity index (χ1n) is 12.2. The van der Waals surface area contributed by atoms with Crippen molar-refractivity contribution in [3.63, 3.8) is 0 Å². The van der Waals surface area contributed by atoms with Gasteiger partial charge in [0.2, 0.25) is 0 Å². The van der Waals surface area contributed by atoms with Crippen molar-refractivity contribution in [2.45, 2.75) is 91.1 Å². The molecule has 0 fully saturated rings. The lowest BCUT2D eigenvalue weighted by atomic mass is 9.96. The highest BCUT2D eigenvalue weighted by Gasteiger charge is 2.12. The Labute approximate surface area is 185 Å². The van der Waals surface area contributed by atoms with Crippen LogP contribution in [0.25, 0.3) is 11.1 Å². The highest BCUT2D eigenvalue weighted by atomic mass is 16.5. The molecule has 0 aliphatic heterocycles. The molecule has 0 amide bonds. The van der Waals surface area contributed by atoms with E-state index in [4.69, 9.17) is 9.47 Å². The van der Waals surface area contributed by atoms with Crippen LogP contribution in [-0.4, -0.2) is 13.2 Å². The summed E-state index contributed by atoms with van der Waals surface area (Å²) in [5, 5.41) is 0. The van der Waals surface area contributed by atoms with E-state index in [-0.39, 0.29) is 6.10 Å². The first-order valence-corrected chi connectivity index (χ1v) is 12.2. The third-order valence-electron chi connectivity index (χ3n) is 5.70. The smallest absolute Gasteiger partial charge is 0.119 e. The van der Waals surface area contributed by atoms with Crippen LogP contribution in [0.4, 0.5) is 0 Å². The van der Waals surface area contributed by atoms with Crippen LogP contribution in [0.3, 0.4) is 0 Å². The predicted octanol–water partition coefficient (Wildman–Crippen LogP) is 8.75. The summed E-state index contributed by atoms with van der Waals surface area (Å²) in [4.78, 5) is 0. The Morgan fingerprint density at radius 1 is 0.667 bits per heavy atom. The standard InChI is InChI=1S/C28H42O2/c1-4-6-8-9-10-11-12-15-23-30-26-20-18-25(19-21-26)28-17-14-13-16-27(28)24(3)29-22-7-5-2/h13-14,16-21,24H,4-12,15,22-23H2,1-3H3. The van der Waals surface area contributed by atoms with Gasteiger partial charge in [0.15, 0.2) is 0 Å². The molecule has 0 spiro atoms. The summed E-state index contributed by atoms with van der Waals surface area (Å²) < 4.78 is 12.0. The molecule has 0 aliphatic rings. The summed E-state index contributed by atoms with van der Waals surface area (Å²) in [6.45, 7) is 8.24. The minimum Gasteiger partial charge on any atom is -0.494 e. The average Bonchev–Trinajstić information content (AvgIpc) is 2.78. The van der Waals surface area contributed by atoms with Gasteiger partial charge in [0.05, 0.1) is 12.7 Å². The molecule has 30 heavy (non-hydrogen) atoms. The zero-order valence-corrected chi connectivity index (χ0v) is 19.5. The van der Waals surface area contributed by atoms with E-state index in [0.717, 1.165) is 38.2 Å². The zero-order valence-electron chi connectivity index (χ0n) is 19.5. The van der Waals surface area contributed by atoms with Crippen molar-refractivity contribution >= 4 is 0 Å². The van der Waals surface area contributed by atoms with Crippen LogP contribution in [0.15, 0.2) is 48.5 Å². The molecule has 0 N–H and O–H groups in total. The van der Waals surface area contributed by atoms with E-state index >= 15 is 0 Å². The molecule has 0 heterocycles. The van der Waals surface area contributed by atoms with Gasteiger partial charge in [0, 0.05) is 6.61 Å². The minimum atomic E-state index is 0.102. The fraction of sp³-hybridized carbons (Fsp3) is 0.571. The second-order valence-electron chi connectivity index (χ2n) is 8.30. The van der Waals surface area contributed by atoms with Crippen molar-refractivity contribution in [1.82, 2.24) is 0 Å². The van der Waals surface area contributed by atoms with E-state index in [2.05, 4.69) is 69.3 Å². The van der Waals surface area contributed by atoms with Crippen LogP contribution in [0.1, 0.15) is 96.6 Å². The van der Waals surface area contributed by atoms with E-state index in [0.29, 0.717) is 0 Å². The predicted molar refractivity (Wildman–Crippen MR) is 129 cm³/mol. The molecular formula is C28H42O2. The van der Waals surface area contributed by atoms with Gasteiger partial charge in [-0.3, -0.25) is 0 Å². The zero-order chi connectivity index (χ0) is 21.4. The van der Waals surface area contributed by atoms with Crippen LogP contribution in [-0.2, 0) is 4.74 Å². The molecule has 166 valence electrons. The summed E-state index contributed by atoms with van der Waals surface area (Å²) in [5.74, 6) is 0.964. The second kappa shape index (κ2) is 15.1. The van der Waals surface area contributed by atoms with Gasteiger partial charge in [-0.1, -0.05) is 102 Å². The van der Waals surface area contributed by atoms with Crippen molar-refractivity contribution in [3.8, 4) is 16.9 Å². The molecule has 0 saturated heterocycles. The summed E-state index contributed by atoms with van der Waals surface area (Å²) in [6, 6.07) is 17.1. The van der Waals surface area contributed by atoms with E-state index in [1.165, 1.54) is 61.6 Å². The molecule has 0 aromatic heterocycles. The van der Waals surface area contributed by atoms with Crippen LogP contribution in [0.2, 0.25) is 0 Å². The Morgan fingerprint density at radius 3 is 2.00 bits per heavy atom. The fourth-order valence-corrected chi connectivity index (χ4v) is 3.77. The lowest BCUT2D eigenvalue weighted by molar-refractivity contribution is 0.0640. The maximum atomic E-state index is 6.04. The lowest BCUT2D eigenvalue weighted by Crippen LogP contribution is -2.03. The van der Waals surface area contributed by atoms with Gasteiger partial charge >= 0.3 is 0 Å². The Kier molecular flexibility index (Phi) is 12.3. The average molecular weight is 411 g/mol. The van der Waals surface area contributed by atoms with Crippen LogP contribution >= 0.6 is 0 Å². The van der Waals surface area contributed by atoms with Gasteiger partial charge in [-0.15, -0.1) is 0 Å².